The number of halogens is 3. The van der Waals surface area contributed by atoms with Crippen LogP contribution in [0.1, 0.15) is 11.1 Å². The summed E-state index contributed by atoms with van der Waals surface area (Å²) < 4.78 is 19.2. The van der Waals surface area contributed by atoms with Crippen LogP contribution in [0.4, 0.5) is 4.39 Å². The van der Waals surface area contributed by atoms with Crippen molar-refractivity contribution in [3.05, 3.63) is 69.6 Å². The van der Waals surface area contributed by atoms with Crippen molar-refractivity contribution in [2.45, 2.75) is 13.1 Å². The van der Waals surface area contributed by atoms with Crippen LogP contribution in [0.2, 0.25) is 10.2 Å². The van der Waals surface area contributed by atoms with Crippen molar-refractivity contribution in [1.29, 1.82) is 0 Å². The van der Waals surface area contributed by atoms with E-state index < -0.39 is 0 Å². The predicted molar refractivity (Wildman–Crippen MR) is 99.9 cm³/mol. The second-order valence-corrected chi connectivity index (χ2v) is 6.63. The van der Waals surface area contributed by atoms with Gasteiger partial charge in [0.05, 0.1) is 12.6 Å². The van der Waals surface area contributed by atoms with Crippen LogP contribution < -0.4 is 4.74 Å². The van der Waals surface area contributed by atoms with Crippen molar-refractivity contribution in [3.63, 3.8) is 0 Å². The molecule has 0 atom stereocenters. The fraction of sp³-hybridized carbons (Fsp3) is 0.211. The Labute approximate surface area is 155 Å². The van der Waals surface area contributed by atoms with Crippen molar-refractivity contribution in [2.75, 3.05) is 14.2 Å². The van der Waals surface area contributed by atoms with Gasteiger partial charge >= 0.3 is 0 Å². The SMILES string of the molecule is COc1ccc2cc(CN(C)Cc3c(F)cccc3Cl)c(Cl)nc2c1. The Morgan fingerprint density at radius 2 is 1.92 bits per heavy atom. The molecule has 0 aliphatic carbocycles. The van der Waals surface area contributed by atoms with Gasteiger partial charge < -0.3 is 4.74 Å². The molecule has 1 heterocycles. The average molecular weight is 379 g/mol. The Balaban J connectivity index is 1.83. The summed E-state index contributed by atoms with van der Waals surface area (Å²) in [6.07, 6.45) is 0. The summed E-state index contributed by atoms with van der Waals surface area (Å²) in [6, 6.07) is 12.3. The van der Waals surface area contributed by atoms with Gasteiger partial charge in [0.15, 0.2) is 0 Å². The lowest BCUT2D eigenvalue weighted by atomic mass is 10.1. The van der Waals surface area contributed by atoms with E-state index >= 15 is 0 Å². The molecule has 3 nitrogen and oxygen atoms in total. The molecule has 3 rings (SSSR count). The Hall–Kier alpha value is -1.88. The minimum Gasteiger partial charge on any atom is -0.497 e. The Bertz CT molecular complexity index is 897. The molecule has 2 aromatic carbocycles. The molecule has 0 N–H and O–H groups in total. The van der Waals surface area contributed by atoms with Crippen LogP contribution in [-0.4, -0.2) is 24.0 Å². The highest BCUT2D eigenvalue weighted by Gasteiger charge is 2.13. The quantitative estimate of drug-likeness (QED) is 0.561. The number of hydrogen-bond donors (Lipinski definition) is 0. The number of methoxy groups -OCH3 is 1. The van der Waals surface area contributed by atoms with Crippen LogP contribution in [-0.2, 0) is 13.1 Å². The Morgan fingerprint density at radius 3 is 2.64 bits per heavy atom. The van der Waals surface area contributed by atoms with Crippen LogP contribution in [0, 0.1) is 5.82 Å². The lowest BCUT2D eigenvalue weighted by Crippen LogP contribution is -2.18. The van der Waals surface area contributed by atoms with Gasteiger partial charge in [-0.3, -0.25) is 4.90 Å². The zero-order chi connectivity index (χ0) is 18.0. The summed E-state index contributed by atoms with van der Waals surface area (Å²) in [5.74, 6) is 0.421. The van der Waals surface area contributed by atoms with Gasteiger partial charge in [-0.15, -0.1) is 0 Å². The molecule has 3 aromatic rings. The highest BCUT2D eigenvalue weighted by Crippen LogP contribution is 2.26. The van der Waals surface area contributed by atoms with E-state index in [-0.39, 0.29) is 5.82 Å². The van der Waals surface area contributed by atoms with Crippen molar-refractivity contribution in [3.8, 4) is 5.75 Å². The maximum Gasteiger partial charge on any atom is 0.134 e. The van der Waals surface area contributed by atoms with E-state index in [9.17, 15) is 4.39 Å². The molecule has 25 heavy (non-hydrogen) atoms. The predicted octanol–water partition coefficient (Wildman–Crippen LogP) is 5.32. The molecule has 130 valence electrons. The fourth-order valence-electron chi connectivity index (χ4n) is 2.71. The van der Waals surface area contributed by atoms with Gasteiger partial charge in [-0.2, -0.15) is 0 Å². The average Bonchev–Trinajstić information content (AvgIpc) is 2.58. The summed E-state index contributed by atoms with van der Waals surface area (Å²) >= 11 is 12.4. The second kappa shape index (κ2) is 7.56. The standard InChI is InChI=1S/C19H17Cl2FN2O/c1-24(11-15-16(20)4-3-5-17(15)22)10-13-8-12-6-7-14(25-2)9-18(12)23-19(13)21/h3-9H,10-11H2,1-2H3. The maximum absolute atomic E-state index is 13.9. The first-order valence-corrected chi connectivity index (χ1v) is 8.48. The van der Waals surface area contributed by atoms with E-state index in [0.717, 1.165) is 22.2 Å². The summed E-state index contributed by atoms with van der Waals surface area (Å²) in [5, 5.41) is 1.81. The van der Waals surface area contributed by atoms with Gasteiger partial charge in [0.2, 0.25) is 0 Å². The summed E-state index contributed by atoms with van der Waals surface area (Å²) in [4.78, 5) is 6.39. The molecule has 1 aromatic heterocycles. The minimum atomic E-state index is -0.311. The van der Waals surface area contributed by atoms with Gasteiger partial charge in [-0.05, 0) is 37.4 Å². The van der Waals surface area contributed by atoms with E-state index in [1.807, 2.05) is 36.2 Å². The molecule has 6 heteroatoms. The molecule has 0 spiro atoms. The molecule has 0 aliphatic rings. The van der Waals surface area contributed by atoms with E-state index in [4.69, 9.17) is 27.9 Å². The number of fused-ring (bicyclic) bond motifs is 1. The van der Waals surface area contributed by atoms with Gasteiger partial charge in [0, 0.05) is 40.7 Å². The molecular formula is C19H17Cl2FN2O. The number of pyridine rings is 1. The smallest absolute Gasteiger partial charge is 0.134 e. The lowest BCUT2D eigenvalue weighted by molar-refractivity contribution is 0.313. The van der Waals surface area contributed by atoms with Gasteiger partial charge in [0.25, 0.3) is 0 Å². The van der Waals surface area contributed by atoms with E-state index in [1.165, 1.54) is 6.07 Å². The molecule has 0 radical (unpaired) electrons. The number of nitrogens with zero attached hydrogens (tertiary/aromatic N) is 2. The van der Waals surface area contributed by atoms with Crippen molar-refractivity contribution in [1.82, 2.24) is 9.88 Å². The van der Waals surface area contributed by atoms with Crippen LogP contribution in [0.25, 0.3) is 10.9 Å². The number of benzene rings is 2. The topological polar surface area (TPSA) is 25.4 Å². The molecule has 0 unspecified atom stereocenters. The van der Waals surface area contributed by atoms with Crippen molar-refractivity contribution >= 4 is 34.1 Å². The van der Waals surface area contributed by atoms with Gasteiger partial charge in [-0.1, -0.05) is 29.3 Å². The third-order valence-corrected chi connectivity index (χ3v) is 4.66. The monoisotopic (exact) mass is 378 g/mol. The van der Waals surface area contributed by atoms with E-state index in [1.54, 1.807) is 19.2 Å². The van der Waals surface area contributed by atoms with Crippen molar-refractivity contribution in [2.24, 2.45) is 0 Å². The number of hydrogen-bond acceptors (Lipinski definition) is 3. The summed E-state index contributed by atoms with van der Waals surface area (Å²) in [5.41, 5.74) is 2.11. The molecule has 0 fully saturated rings. The Kier molecular flexibility index (Phi) is 5.42. The number of rotatable bonds is 5. The first kappa shape index (κ1) is 17.9. The first-order chi connectivity index (χ1) is 12.0. The summed E-state index contributed by atoms with van der Waals surface area (Å²) in [6.45, 7) is 0.904. The lowest BCUT2D eigenvalue weighted by Gasteiger charge is -2.19. The summed E-state index contributed by atoms with van der Waals surface area (Å²) in [7, 11) is 3.50. The van der Waals surface area contributed by atoms with Crippen LogP contribution in [0.5, 0.6) is 5.75 Å². The van der Waals surface area contributed by atoms with Crippen LogP contribution >= 0.6 is 23.2 Å². The van der Waals surface area contributed by atoms with Crippen molar-refractivity contribution < 1.29 is 9.13 Å². The molecule has 0 saturated heterocycles. The highest BCUT2D eigenvalue weighted by molar-refractivity contribution is 6.31. The molecular weight excluding hydrogens is 362 g/mol. The van der Waals surface area contributed by atoms with Gasteiger partial charge in [-0.25, -0.2) is 9.37 Å². The maximum atomic E-state index is 13.9. The molecule has 0 amide bonds. The third kappa shape index (κ3) is 4.03. The zero-order valence-corrected chi connectivity index (χ0v) is 15.4. The number of ether oxygens (including phenoxy) is 1. The highest BCUT2D eigenvalue weighted by atomic mass is 35.5. The van der Waals surface area contributed by atoms with E-state index in [2.05, 4.69) is 4.98 Å². The van der Waals surface area contributed by atoms with E-state index in [0.29, 0.717) is 28.8 Å². The molecule has 0 saturated carbocycles. The van der Waals surface area contributed by atoms with Gasteiger partial charge in [0.1, 0.15) is 16.7 Å². The second-order valence-electron chi connectivity index (χ2n) is 5.87. The third-order valence-electron chi connectivity index (χ3n) is 3.98. The first-order valence-electron chi connectivity index (χ1n) is 7.72. The Morgan fingerprint density at radius 1 is 1.12 bits per heavy atom. The minimum absolute atomic E-state index is 0.311. The fourth-order valence-corrected chi connectivity index (χ4v) is 3.13. The molecule has 0 aliphatic heterocycles. The zero-order valence-electron chi connectivity index (χ0n) is 13.9. The van der Waals surface area contributed by atoms with Crippen LogP contribution in [0.15, 0.2) is 42.5 Å². The number of aromatic nitrogens is 1. The van der Waals surface area contributed by atoms with Crippen LogP contribution in [0.3, 0.4) is 0 Å². The normalized spacial score (nSPS) is 11.3. The largest absolute Gasteiger partial charge is 0.497 e. The molecule has 0 bridgehead atoms.